The van der Waals surface area contributed by atoms with Crippen molar-refractivity contribution in [3.8, 4) is 0 Å². The van der Waals surface area contributed by atoms with Gasteiger partial charge in [-0.3, -0.25) is 5.32 Å². The number of nitrogens with zero attached hydrogens (tertiary/aromatic N) is 4. The maximum atomic E-state index is 12.6. The van der Waals surface area contributed by atoms with E-state index in [4.69, 9.17) is 0 Å². The summed E-state index contributed by atoms with van der Waals surface area (Å²) in [6, 6.07) is 5.65. The number of amides is 2. The highest BCUT2D eigenvalue weighted by molar-refractivity contribution is 5.88. The number of carbonyl (C=O) groups excluding carboxylic acids is 1. The molecule has 0 unspecified atom stereocenters. The molecule has 0 radical (unpaired) electrons. The van der Waals surface area contributed by atoms with Crippen LogP contribution >= 0.6 is 0 Å². The Morgan fingerprint density at radius 3 is 2.83 bits per heavy atom. The number of carbonyl (C=O) groups is 1. The van der Waals surface area contributed by atoms with Crippen LogP contribution in [0, 0.1) is 5.41 Å². The number of nitrogens with one attached hydrogen (secondary N) is 1. The lowest BCUT2D eigenvalue weighted by Crippen LogP contribution is -2.44. The summed E-state index contributed by atoms with van der Waals surface area (Å²) in [5.74, 6) is 1.46. The Morgan fingerprint density at radius 1 is 1.26 bits per heavy atom. The number of likely N-dealkylation sites (tertiary alicyclic amines) is 2. The van der Waals surface area contributed by atoms with Crippen LogP contribution in [0.5, 0.6) is 0 Å². The van der Waals surface area contributed by atoms with Crippen molar-refractivity contribution < 1.29 is 4.79 Å². The molecular weight excluding hydrogens is 290 g/mol. The highest BCUT2D eigenvalue weighted by Gasteiger charge is 2.42. The number of piperidine rings is 1. The average molecular weight is 317 g/mol. The number of urea groups is 1. The first-order valence-electron chi connectivity index (χ1n) is 8.36. The minimum absolute atomic E-state index is 0.0292. The fraction of sp³-hybridized carbons (Fsp3) is 0.647. The number of rotatable bonds is 2. The molecule has 1 atom stereocenters. The summed E-state index contributed by atoms with van der Waals surface area (Å²) in [5.41, 5.74) is 0.295. The van der Waals surface area contributed by atoms with Crippen LogP contribution in [0.2, 0.25) is 0 Å². The third-order valence-electron chi connectivity index (χ3n) is 5.01. The molecule has 0 saturated carbocycles. The summed E-state index contributed by atoms with van der Waals surface area (Å²) in [5, 5.41) is 2.95. The molecule has 3 heterocycles. The van der Waals surface area contributed by atoms with Crippen LogP contribution in [-0.2, 0) is 0 Å². The van der Waals surface area contributed by atoms with E-state index in [0.29, 0.717) is 11.2 Å². The zero-order chi connectivity index (χ0) is 16.4. The predicted octanol–water partition coefficient (Wildman–Crippen LogP) is 2.10. The Hall–Kier alpha value is -1.82. The Kier molecular flexibility index (Phi) is 4.43. The van der Waals surface area contributed by atoms with Crippen molar-refractivity contribution in [2.24, 2.45) is 5.41 Å². The van der Waals surface area contributed by atoms with E-state index in [-0.39, 0.29) is 6.03 Å². The van der Waals surface area contributed by atoms with E-state index in [1.54, 1.807) is 0 Å². The first-order chi connectivity index (χ1) is 11.0. The van der Waals surface area contributed by atoms with Crippen LogP contribution in [0.25, 0.3) is 0 Å². The topological polar surface area (TPSA) is 51.7 Å². The van der Waals surface area contributed by atoms with Crippen molar-refractivity contribution in [3.63, 3.8) is 0 Å². The molecule has 2 aliphatic heterocycles. The van der Waals surface area contributed by atoms with Gasteiger partial charge in [-0.25, -0.2) is 9.78 Å². The smallest absolute Gasteiger partial charge is 0.323 e. The molecule has 2 fully saturated rings. The van der Waals surface area contributed by atoms with Crippen molar-refractivity contribution in [2.75, 3.05) is 57.5 Å². The van der Waals surface area contributed by atoms with E-state index in [2.05, 4.69) is 22.2 Å². The van der Waals surface area contributed by atoms with E-state index >= 15 is 0 Å². The van der Waals surface area contributed by atoms with Gasteiger partial charge < -0.3 is 14.7 Å². The van der Waals surface area contributed by atoms with Crippen molar-refractivity contribution in [1.29, 1.82) is 0 Å². The Balaban J connectivity index is 1.62. The highest BCUT2D eigenvalue weighted by atomic mass is 16.2. The fourth-order valence-electron chi connectivity index (χ4n) is 3.83. The van der Waals surface area contributed by atoms with Gasteiger partial charge in [0, 0.05) is 39.1 Å². The van der Waals surface area contributed by atoms with Gasteiger partial charge in [0.2, 0.25) is 0 Å². The van der Waals surface area contributed by atoms with Gasteiger partial charge in [0.15, 0.2) is 0 Å². The number of pyridine rings is 1. The number of hydrogen-bond acceptors (Lipinski definition) is 4. The third-order valence-corrected chi connectivity index (χ3v) is 5.01. The van der Waals surface area contributed by atoms with Crippen molar-refractivity contribution in [3.05, 3.63) is 18.2 Å². The molecule has 1 aromatic rings. The summed E-state index contributed by atoms with van der Waals surface area (Å²) in [6.45, 7) is 3.98. The molecular formula is C17H27N5O. The minimum atomic E-state index is -0.0292. The Bertz CT molecular complexity index is 576. The lowest BCUT2D eigenvalue weighted by molar-refractivity contribution is 0.117. The zero-order valence-electron chi connectivity index (χ0n) is 14.4. The summed E-state index contributed by atoms with van der Waals surface area (Å²) in [4.78, 5) is 23.3. The van der Waals surface area contributed by atoms with E-state index in [0.717, 1.165) is 31.9 Å². The third kappa shape index (κ3) is 3.58. The zero-order valence-corrected chi connectivity index (χ0v) is 14.4. The van der Waals surface area contributed by atoms with Crippen LogP contribution in [-0.4, -0.2) is 68.1 Å². The molecule has 3 rings (SSSR count). The maximum Gasteiger partial charge on any atom is 0.323 e. The van der Waals surface area contributed by atoms with Gasteiger partial charge in [-0.05, 0) is 45.0 Å². The van der Waals surface area contributed by atoms with E-state index < -0.39 is 0 Å². The fourth-order valence-corrected chi connectivity index (χ4v) is 3.83. The number of aromatic nitrogens is 1. The van der Waals surface area contributed by atoms with Gasteiger partial charge in [0.25, 0.3) is 0 Å². The molecule has 0 bridgehead atoms. The van der Waals surface area contributed by atoms with Gasteiger partial charge in [-0.15, -0.1) is 0 Å². The molecule has 23 heavy (non-hydrogen) atoms. The standard InChI is InChI=1S/C17H27N5O/c1-20(2)15-7-4-6-14(18-15)19-16(23)22-11-9-17(13-22)8-5-10-21(3)12-17/h4,6-7H,5,8-13H2,1-3H3,(H,18,19,23)/t17-/m1/s1. The minimum Gasteiger partial charge on any atom is -0.363 e. The molecule has 2 amide bonds. The SMILES string of the molecule is CN1CCC[C@@]2(CCN(C(=O)Nc3cccc(N(C)C)n3)C2)C1. The molecule has 0 aliphatic carbocycles. The average Bonchev–Trinajstić information content (AvgIpc) is 2.91. The summed E-state index contributed by atoms with van der Waals surface area (Å²) < 4.78 is 0. The van der Waals surface area contributed by atoms with Gasteiger partial charge in [-0.1, -0.05) is 6.07 Å². The molecule has 126 valence electrons. The van der Waals surface area contributed by atoms with Crippen molar-refractivity contribution in [2.45, 2.75) is 19.3 Å². The summed E-state index contributed by atoms with van der Waals surface area (Å²) >= 11 is 0. The first kappa shape index (κ1) is 16.1. The van der Waals surface area contributed by atoms with Gasteiger partial charge >= 0.3 is 6.03 Å². The number of hydrogen-bond donors (Lipinski definition) is 1. The van der Waals surface area contributed by atoms with Crippen LogP contribution in [0.15, 0.2) is 18.2 Å². The second-order valence-electron chi connectivity index (χ2n) is 7.22. The summed E-state index contributed by atoms with van der Waals surface area (Å²) in [6.07, 6.45) is 3.57. The second kappa shape index (κ2) is 6.35. The predicted molar refractivity (Wildman–Crippen MR) is 92.9 cm³/mol. The number of anilines is 2. The monoisotopic (exact) mass is 317 g/mol. The molecule has 0 aromatic carbocycles. The van der Waals surface area contributed by atoms with Crippen LogP contribution in [0.3, 0.4) is 0 Å². The Morgan fingerprint density at radius 2 is 2.09 bits per heavy atom. The first-order valence-corrected chi connectivity index (χ1v) is 8.36. The van der Waals surface area contributed by atoms with Crippen LogP contribution < -0.4 is 10.2 Å². The van der Waals surface area contributed by atoms with Crippen molar-refractivity contribution >= 4 is 17.7 Å². The summed E-state index contributed by atoms with van der Waals surface area (Å²) in [7, 11) is 6.07. The van der Waals surface area contributed by atoms with Crippen LogP contribution in [0.1, 0.15) is 19.3 Å². The molecule has 2 saturated heterocycles. The van der Waals surface area contributed by atoms with Gasteiger partial charge in [0.1, 0.15) is 11.6 Å². The molecule has 6 nitrogen and oxygen atoms in total. The second-order valence-corrected chi connectivity index (χ2v) is 7.22. The molecule has 1 spiro atoms. The quantitative estimate of drug-likeness (QED) is 0.907. The maximum absolute atomic E-state index is 12.6. The van der Waals surface area contributed by atoms with E-state index in [1.807, 2.05) is 42.1 Å². The largest absolute Gasteiger partial charge is 0.363 e. The van der Waals surface area contributed by atoms with E-state index in [9.17, 15) is 4.79 Å². The van der Waals surface area contributed by atoms with E-state index in [1.165, 1.54) is 19.4 Å². The van der Waals surface area contributed by atoms with Crippen molar-refractivity contribution in [1.82, 2.24) is 14.8 Å². The van der Waals surface area contributed by atoms with Gasteiger partial charge in [0.05, 0.1) is 0 Å². The molecule has 1 N–H and O–H groups in total. The normalized spacial score (nSPS) is 24.9. The molecule has 1 aromatic heterocycles. The Labute approximate surface area is 138 Å². The lowest BCUT2D eigenvalue weighted by atomic mass is 9.79. The van der Waals surface area contributed by atoms with Gasteiger partial charge in [-0.2, -0.15) is 0 Å². The molecule has 6 heteroatoms. The lowest BCUT2D eigenvalue weighted by Gasteiger charge is -2.38. The highest BCUT2D eigenvalue weighted by Crippen LogP contribution is 2.38. The molecule has 2 aliphatic rings. The van der Waals surface area contributed by atoms with Crippen LogP contribution in [0.4, 0.5) is 16.4 Å².